The van der Waals surface area contributed by atoms with Crippen LogP contribution in [-0.2, 0) is 4.74 Å². The van der Waals surface area contributed by atoms with E-state index in [0.717, 1.165) is 43.8 Å². The summed E-state index contributed by atoms with van der Waals surface area (Å²) in [6.45, 7) is 4.09. The first kappa shape index (κ1) is 9.48. The van der Waals surface area contributed by atoms with Crippen LogP contribution in [0.2, 0.25) is 0 Å². The summed E-state index contributed by atoms with van der Waals surface area (Å²) in [5.41, 5.74) is 2.21. The predicted octanol–water partition coefficient (Wildman–Crippen LogP) is 1.65. The van der Waals surface area contributed by atoms with Gasteiger partial charge >= 0.3 is 0 Å². The molecule has 4 heteroatoms. The van der Waals surface area contributed by atoms with E-state index in [9.17, 15) is 0 Å². The quantitative estimate of drug-likeness (QED) is 0.808. The van der Waals surface area contributed by atoms with E-state index in [1.165, 1.54) is 11.1 Å². The van der Waals surface area contributed by atoms with Gasteiger partial charge < -0.3 is 14.6 Å². The van der Waals surface area contributed by atoms with Gasteiger partial charge in [-0.1, -0.05) is 0 Å². The molecule has 0 unspecified atom stereocenters. The number of rotatable bonds is 1. The lowest BCUT2D eigenvalue weighted by atomic mass is 10.0. The molecule has 2 aromatic heterocycles. The third kappa shape index (κ3) is 1.44. The number of aromatic nitrogens is 2. The van der Waals surface area contributed by atoms with E-state index in [1.807, 2.05) is 12.4 Å². The summed E-state index contributed by atoms with van der Waals surface area (Å²) in [6.07, 6.45) is 3.91. The van der Waals surface area contributed by atoms with Crippen molar-refractivity contribution in [2.45, 2.75) is 0 Å². The smallest absolute Gasteiger partial charge is 0.137 e. The maximum atomic E-state index is 5.51. The second kappa shape index (κ2) is 3.47. The third-order valence-electron chi connectivity index (χ3n) is 3.99. The fourth-order valence-corrected chi connectivity index (χ4v) is 3.00. The van der Waals surface area contributed by atoms with Crippen molar-refractivity contribution in [2.75, 3.05) is 31.2 Å². The summed E-state index contributed by atoms with van der Waals surface area (Å²) < 4.78 is 5.51. The van der Waals surface area contributed by atoms with Crippen molar-refractivity contribution < 1.29 is 4.74 Å². The Hall–Kier alpha value is -1.55. The number of ether oxygens (including phenoxy) is 1. The summed E-state index contributed by atoms with van der Waals surface area (Å²) in [5, 5.41) is 1.19. The molecule has 0 aromatic carbocycles. The summed E-state index contributed by atoms with van der Waals surface area (Å²) >= 11 is 0. The van der Waals surface area contributed by atoms with Crippen molar-refractivity contribution in [3.05, 3.63) is 24.5 Å². The summed E-state index contributed by atoms with van der Waals surface area (Å²) in [5.74, 6) is 1.44. The zero-order valence-electron chi connectivity index (χ0n) is 9.60. The first-order valence-corrected chi connectivity index (χ1v) is 6.16. The van der Waals surface area contributed by atoms with Gasteiger partial charge in [-0.2, -0.15) is 0 Å². The molecule has 2 atom stereocenters. The fourth-order valence-electron chi connectivity index (χ4n) is 3.00. The van der Waals surface area contributed by atoms with Crippen LogP contribution in [0.3, 0.4) is 0 Å². The van der Waals surface area contributed by atoms with Crippen molar-refractivity contribution in [1.29, 1.82) is 0 Å². The molecule has 17 heavy (non-hydrogen) atoms. The van der Waals surface area contributed by atoms with E-state index >= 15 is 0 Å². The van der Waals surface area contributed by atoms with Crippen LogP contribution in [-0.4, -0.2) is 36.3 Å². The molecule has 0 spiro atoms. The molecule has 0 amide bonds. The maximum absolute atomic E-state index is 5.51. The lowest BCUT2D eigenvalue weighted by molar-refractivity contribution is 0.177. The lowest BCUT2D eigenvalue weighted by Crippen LogP contribution is -2.22. The van der Waals surface area contributed by atoms with Crippen molar-refractivity contribution in [2.24, 2.45) is 11.8 Å². The molecule has 4 nitrogen and oxygen atoms in total. The van der Waals surface area contributed by atoms with Gasteiger partial charge in [0.25, 0.3) is 0 Å². The van der Waals surface area contributed by atoms with Gasteiger partial charge in [0.15, 0.2) is 0 Å². The van der Waals surface area contributed by atoms with Crippen molar-refractivity contribution in [1.82, 2.24) is 9.97 Å². The van der Waals surface area contributed by atoms with Crippen LogP contribution >= 0.6 is 0 Å². The number of hydrogen-bond donors (Lipinski definition) is 1. The van der Waals surface area contributed by atoms with Crippen LogP contribution in [0.4, 0.5) is 5.69 Å². The Morgan fingerprint density at radius 3 is 2.94 bits per heavy atom. The van der Waals surface area contributed by atoms with Crippen LogP contribution in [0.5, 0.6) is 0 Å². The molecule has 2 aliphatic rings. The highest BCUT2D eigenvalue weighted by Gasteiger charge is 2.37. The van der Waals surface area contributed by atoms with Crippen molar-refractivity contribution in [3.8, 4) is 0 Å². The summed E-state index contributed by atoms with van der Waals surface area (Å²) in [4.78, 5) is 10.0. The number of nitrogens with zero attached hydrogens (tertiary/aromatic N) is 2. The van der Waals surface area contributed by atoms with Crippen LogP contribution in [0.25, 0.3) is 11.0 Å². The molecular formula is C13H15N3O. The van der Waals surface area contributed by atoms with E-state index in [-0.39, 0.29) is 0 Å². The van der Waals surface area contributed by atoms with Gasteiger partial charge in [0.1, 0.15) is 5.65 Å². The Labute approximate surface area is 99.6 Å². The average molecular weight is 229 g/mol. The van der Waals surface area contributed by atoms with Crippen LogP contribution in [0.1, 0.15) is 0 Å². The molecule has 0 aliphatic carbocycles. The van der Waals surface area contributed by atoms with Gasteiger partial charge in [0, 0.05) is 36.5 Å². The number of fused-ring (bicyclic) bond motifs is 2. The lowest BCUT2D eigenvalue weighted by Gasteiger charge is -2.19. The van der Waals surface area contributed by atoms with E-state index in [1.54, 1.807) is 0 Å². The fraction of sp³-hybridized carbons (Fsp3) is 0.462. The average Bonchev–Trinajstić information content (AvgIpc) is 3.02. The Balaban J connectivity index is 1.66. The Morgan fingerprint density at radius 1 is 1.29 bits per heavy atom. The zero-order chi connectivity index (χ0) is 11.2. The minimum atomic E-state index is 0.719. The molecule has 0 bridgehead atoms. The number of anilines is 1. The molecular weight excluding hydrogens is 214 g/mol. The molecule has 2 aromatic rings. The maximum Gasteiger partial charge on any atom is 0.137 e. The standard InChI is InChI=1S/C13H15N3O/c1-2-14-13-9(1)3-12(4-15-13)16-5-10-7-17-8-11(10)6-16/h1-4,10-11H,5-8H2,(H,14,15)/t10-,11+. The van der Waals surface area contributed by atoms with Gasteiger partial charge in [-0.05, 0) is 12.1 Å². The number of H-pyrrole nitrogens is 1. The van der Waals surface area contributed by atoms with Crippen molar-refractivity contribution >= 4 is 16.7 Å². The van der Waals surface area contributed by atoms with E-state index in [4.69, 9.17) is 4.74 Å². The van der Waals surface area contributed by atoms with Crippen LogP contribution < -0.4 is 4.90 Å². The number of hydrogen-bond acceptors (Lipinski definition) is 3. The van der Waals surface area contributed by atoms with Crippen molar-refractivity contribution in [3.63, 3.8) is 0 Å². The van der Waals surface area contributed by atoms with Crippen LogP contribution in [0, 0.1) is 11.8 Å². The number of nitrogens with one attached hydrogen (secondary N) is 1. The largest absolute Gasteiger partial charge is 0.381 e. The molecule has 1 N–H and O–H groups in total. The SMILES string of the molecule is c1cc2cc(N3C[C@H]4COC[C@H]4C3)cnc2[nH]1. The highest BCUT2D eigenvalue weighted by atomic mass is 16.5. The van der Waals surface area contributed by atoms with Gasteiger partial charge in [0.05, 0.1) is 25.1 Å². The Bertz CT molecular complexity index is 538. The van der Waals surface area contributed by atoms with E-state index < -0.39 is 0 Å². The van der Waals surface area contributed by atoms with E-state index in [2.05, 4.69) is 27.0 Å². The van der Waals surface area contributed by atoms with Gasteiger partial charge in [-0.25, -0.2) is 4.98 Å². The normalized spacial score (nSPS) is 27.9. The minimum absolute atomic E-state index is 0.719. The first-order chi connectivity index (χ1) is 8.40. The molecule has 2 aliphatic heterocycles. The molecule has 0 saturated carbocycles. The highest BCUT2D eigenvalue weighted by molar-refractivity contribution is 5.79. The molecule has 0 radical (unpaired) electrons. The van der Waals surface area contributed by atoms with Gasteiger partial charge in [-0.3, -0.25) is 0 Å². The van der Waals surface area contributed by atoms with E-state index in [0.29, 0.717) is 0 Å². The predicted molar refractivity (Wildman–Crippen MR) is 66.1 cm³/mol. The molecule has 4 heterocycles. The second-order valence-electron chi connectivity index (χ2n) is 5.07. The Kier molecular flexibility index (Phi) is 1.93. The first-order valence-electron chi connectivity index (χ1n) is 6.16. The molecule has 88 valence electrons. The molecule has 2 fully saturated rings. The minimum Gasteiger partial charge on any atom is -0.381 e. The number of aromatic amines is 1. The summed E-state index contributed by atoms with van der Waals surface area (Å²) in [6, 6.07) is 4.30. The summed E-state index contributed by atoms with van der Waals surface area (Å²) in [7, 11) is 0. The Morgan fingerprint density at radius 2 is 2.12 bits per heavy atom. The topological polar surface area (TPSA) is 41.1 Å². The van der Waals surface area contributed by atoms with Crippen LogP contribution in [0.15, 0.2) is 24.5 Å². The third-order valence-corrected chi connectivity index (χ3v) is 3.99. The molecule has 4 rings (SSSR count). The monoisotopic (exact) mass is 229 g/mol. The number of pyridine rings is 1. The zero-order valence-corrected chi connectivity index (χ0v) is 9.60. The van der Waals surface area contributed by atoms with Gasteiger partial charge in [0.2, 0.25) is 0 Å². The van der Waals surface area contributed by atoms with Gasteiger partial charge in [-0.15, -0.1) is 0 Å². The molecule has 2 saturated heterocycles. The highest BCUT2D eigenvalue weighted by Crippen LogP contribution is 2.32. The second-order valence-corrected chi connectivity index (χ2v) is 5.07.